The summed E-state index contributed by atoms with van der Waals surface area (Å²) in [5.41, 5.74) is 0.591. The molecule has 1 heterocycles. The normalized spacial score (nSPS) is 12.5. The maximum Gasteiger partial charge on any atom is 0.308 e. The molecule has 0 aliphatic heterocycles. The van der Waals surface area contributed by atoms with Gasteiger partial charge in [0.2, 0.25) is 0 Å². The molecule has 1 aromatic heterocycles. The van der Waals surface area contributed by atoms with Gasteiger partial charge in [0.15, 0.2) is 0 Å². The summed E-state index contributed by atoms with van der Waals surface area (Å²) in [6, 6.07) is 1.61. The number of aliphatic hydroxyl groups excluding tert-OH is 1. The van der Waals surface area contributed by atoms with Crippen molar-refractivity contribution in [2.75, 3.05) is 6.61 Å². The number of carbonyl (C=O) groups is 1. The lowest BCUT2D eigenvalue weighted by Gasteiger charge is -2.06. The molecule has 72 valence electrons. The molecule has 1 atom stereocenters. The van der Waals surface area contributed by atoms with Crippen LogP contribution in [0.3, 0.4) is 0 Å². The minimum absolute atomic E-state index is 0.0344. The maximum atomic E-state index is 10.9. The number of esters is 1. The lowest BCUT2D eigenvalue weighted by molar-refractivity contribution is -0.145. The zero-order valence-electron chi connectivity index (χ0n) is 7.40. The van der Waals surface area contributed by atoms with E-state index in [1.54, 1.807) is 13.0 Å². The van der Waals surface area contributed by atoms with Crippen LogP contribution in [-0.4, -0.2) is 17.7 Å². The van der Waals surface area contributed by atoms with Crippen LogP contribution in [0.2, 0.25) is 0 Å². The highest BCUT2D eigenvalue weighted by atomic mass is 16.5. The summed E-state index contributed by atoms with van der Waals surface area (Å²) in [7, 11) is 0. The van der Waals surface area contributed by atoms with E-state index in [9.17, 15) is 9.90 Å². The summed E-state index contributed by atoms with van der Waals surface area (Å²) >= 11 is 0. The van der Waals surface area contributed by atoms with Crippen LogP contribution in [0, 0.1) is 0 Å². The first-order valence-electron chi connectivity index (χ1n) is 4.09. The number of ether oxygens (including phenoxy) is 1. The molecule has 0 saturated carbocycles. The third-order valence-corrected chi connectivity index (χ3v) is 1.59. The van der Waals surface area contributed by atoms with E-state index in [0.717, 1.165) is 0 Å². The molecular formula is C9H12O4. The van der Waals surface area contributed by atoms with Gasteiger partial charge in [0.25, 0.3) is 0 Å². The van der Waals surface area contributed by atoms with Gasteiger partial charge in [-0.05, 0) is 13.0 Å². The molecular weight excluding hydrogens is 172 g/mol. The van der Waals surface area contributed by atoms with Crippen LogP contribution in [-0.2, 0) is 9.53 Å². The molecule has 0 saturated heterocycles. The van der Waals surface area contributed by atoms with Gasteiger partial charge >= 0.3 is 5.97 Å². The fraction of sp³-hybridized carbons (Fsp3) is 0.444. The van der Waals surface area contributed by atoms with Gasteiger partial charge in [0.05, 0.1) is 31.7 Å². The highest BCUT2D eigenvalue weighted by Crippen LogP contribution is 2.16. The maximum absolute atomic E-state index is 10.9. The van der Waals surface area contributed by atoms with Crippen LogP contribution in [0.5, 0.6) is 0 Å². The fourth-order valence-corrected chi connectivity index (χ4v) is 0.960. The average molecular weight is 184 g/mol. The second-order valence-corrected chi connectivity index (χ2v) is 2.58. The van der Waals surface area contributed by atoms with Gasteiger partial charge in [-0.2, -0.15) is 0 Å². The molecule has 0 aromatic carbocycles. The Kier molecular flexibility index (Phi) is 3.52. The van der Waals surface area contributed by atoms with Crippen LogP contribution >= 0.6 is 0 Å². The van der Waals surface area contributed by atoms with Crippen molar-refractivity contribution in [3.8, 4) is 0 Å². The molecule has 0 fully saturated rings. The molecule has 4 nitrogen and oxygen atoms in total. The second-order valence-electron chi connectivity index (χ2n) is 2.58. The van der Waals surface area contributed by atoms with Crippen LogP contribution < -0.4 is 0 Å². The predicted molar refractivity (Wildman–Crippen MR) is 44.9 cm³/mol. The molecule has 0 bridgehead atoms. The van der Waals surface area contributed by atoms with Crippen molar-refractivity contribution >= 4 is 5.97 Å². The molecule has 0 aliphatic rings. The minimum Gasteiger partial charge on any atom is -0.472 e. The van der Waals surface area contributed by atoms with Crippen LogP contribution in [0.1, 0.15) is 25.0 Å². The summed E-state index contributed by atoms with van der Waals surface area (Å²) < 4.78 is 9.45. The quantitative estimate of drug-likeness (QED) is 0.716. The van der Waals surface area contributed by atoms with Crippen molar-refractivity contribution in [1.82, 2.24) is 0 Å². The van der Waals surface area contributed by atoms with Crippen molar-refractivity contribution in [3.63, 3.8) is 0 Å². The van der Waals surface area contributed by atoms with Crippen molar-refractivity contribution in [1.29, 1.82) is 0 Å². The zero-order valence-corrected chi connectivity index (χ0v) is 7.40. The number of hydrogen-bond acceptors (Lipinski definition) is 4. The van der Waals surface area contributed by atoms with E-state index in [4.69, 9.17) is 4.42 Å². The van der Waals surface area contributed by atoms with Gasteiger partial charge in [0, 0.05) is 5.56 Å². The van der Waals surface area contributed by atoms with Crippen molar-refractivity contribution < 1.29 is 19.1 Å². The molecule has 4 heteroatoms. The first kappa shape index (κ1) is 9.80. The SMILES string of the molecule is CCOC(=O)C[C@H](O)c1ccoc1. The van der Waals surface area contributed by atoms with E-state index in [1.807, 2.05) is 0 Å². The van der Waals surface area contributed by atoms with Crippen LogP contribution in [0.25, 0.3) is 0 Å². The van der Waals surface area contributed by atoms with Crippen molar-refractivity contribution in [3.05, 3.63) is 24.2 Å². The summed E-state index contributed by atoms with van der Waals surface area (Å²) in [4.78, 5) is 10.9. The fourth-order valence-electron chi connectivity index (χ4n) is 0.960. The number of furan rings is 1. The third-order valence-electron chi connectivity index (χ3n) is 1.59. The lowest BCUT2D eigenvalue weighted by Crippen LogP contribution is -2.09. The number of rotatable bonds is 4. The van der Waals surface area contributed by atoms with E-state index in [2.05, 4.69) is 4.74 Å². The largest absolute Gasteiger partial charge is 0.472 e. The Labute approximate surface area is 76.1 Å². The van der Waals surface area contributed by atoms with Crippen LogP contribution in [0.4, 0.5) is 0 Å². The third kappa shape index (κ3) is 2.91. The Balaban J connectivity index is 2.42. The van der Waals surface area contributed by atoms with Crippen molar-refractivity contribution in [2.45, 2.75) is 19.4 Å². The average Bonchev–Trinajstić information content (AvgIpc) is 2.55. The Morgan fingerprint density at radius 1 is 1.77 bits per heavy atom. The molecule has 0 amide bonds. The standard InChI is InChI=1S/C9H12O4/c1-2-13-9(11)5-8(10)7-3-4-12-6-7/h3-4,6,8,10H,2,5H2,1H3/t8-/m0/s1. The number of carbonyl (C=O) groups excluding carboxylic acids is 1. The highest BCUT2D eigenvalue weighted by Gasteiger charge is 2.14. The molecule has 13 heavy (non-hydrogen) atoms. The van der Waals surface area contributed by atoms with E-state index in [-0.39, 0.29) is 6.42 Å². The molecule has 0 radical (unpaired) electrons. The Hall–Kier alpha value is -1.29. The lowest BCUT2D eigenvalue weighted by atomic mass is 10.1. The van der Waals surface area contributed by atoms with Gasteiger partial charge in [-0.1, -0.05) is 0 Å². The molecule has 0 spiro atoms. The topological polar surface area (TPSA) is 59.7 Å². The molecule has 1 aromatic rings. The van der Waals surface area contributed by atoms with Gasteiger partial charge in [-0.25, -0.2) is 0 Å². The van der Waals surface area contributed by atoms with Gasteiger partial charge in [-0.3, -0.25) is 4.79 Å². The van der Waals surface area contributed by atoms with Crippen molar-refractivity contribution in [2.24, 2.45) is 0 Å². The smallest absolute Gasteiger partial charge is 0.308 e. The summed E-state index contributed by atoms with van der Waals surface area (Å²) in [6.07, 6.45) is 1.99. The number of aliphatic hydroxyl groups is 1. The first-order valence-corrected chi connectivity index (χ1v) is 4.09. The molecule has 1 N–H and O–H groups in total. The molecule has 0 aliphatic carbocycles. The van der Waals surface area contributed by atoms with Gasteiger partial charge in [0.1, 0.15) is 0 Å². The first-order chi connectivity index (χ1) is 6.24. The number of hydrogen-bond donors (Lipinski definition) is 1. The van der Waals surface area contributed by atoms with E-state index < -0.39 is 12.1 Å². The van der Waals surface area contributed by atoms with E-state index in [1.165, 1.54) is 12.5 Å². The Bertz CT molecular complexity index is 253. The van der Waals surface area contributed by atoms with Gasteiger partial charge < -0.3 is 14.3 Å². The molecule has 1 rings (SSSR count). The minimum atomic E-state index is -0.835. The molecule has 0 unspecified atom stereocenters. The Morgan fingerprint density at radius 2 is 2.54 bits per heavy atom. The monoisotopic (exact) mass is 184 g/mol. The zero-order chi connectivity index (χ0) is 9.68. The summed E-state index contributed by atoms with van der Waals surface area (Å²) in [5, 5.41) is 9.45. The summed E-state index contributed by atoms with van der Waals surface area (Å²) in [6.45, 7) is 2.05. The van der Waals surface area contributed by atoms with Gasteiger partial charge in [-0.15, -0.1) is 0 Å². The van der Waals surface area contributed by atoms with E-state index in [0.29, 0.717) is 12.2 Å². The van der Waals surface area contributed by atoms with Crippen LogP contribution in [0.15, 0.2) is 23.0 Å². The van der Waals surface area contributed by atoms with E-state index >= 15 is 0 Å². The second kappa shape index (κ2) is 4.67. The highest BCUT2D eigenvalue weighted by molar-refractivity contribution is 5.70. The Morgan fingerprint density at radius 3 is 3.08 bits per heavy atom. The predicted octanol–water partition coefficient (Wildman–Crippen LogP) is 1.27. The summed E-state index contributed by atoms with van der Waals surface area (Å²) in [5.74, 6) is -0.406.